The number of hydrogen-bond acceptors (Lipinski definition) is 5. The molecule has 29 heavy (non-hydrogen) atoms. The lowest BCUT2D eigenvalue weighted by atomic mass is 10.1. The lowest BCUT2D eigenvalue weighted by molar-refractivity contribution is -0.119. The third kappa shape index (κ3) is 3.41. The van der Waals surface area contributed by atoms with E-state index in [9.17, 15) is 14.7 Å². The molecular weight excluding hydrogens is 386 g/mol. The van der Waals surface area contributed by atoms with Gasteiger partial charge in [0.1, 0.15) is 5.75 Å². The maximum atomic E-state index is 13.4. The molecule has 0 aromatic heterocycles. The molecule has 6 heteroatoms. The minimum atomic E-state index is -0.365. The topological polar surface area (TPSA) is 66.8 Å². The standard InChI is InChI=1S/C23H19NO4S/c1-28-17-11-9-16(10-12-17)20-21(29-14-13-25)23(27)24(22(20)26)19-8-4-6-15-5-2-3-7-18(15)19/h2-12,25H,13-14H2,1H3. The fourth-order valence-corrected chi connectivity index (χ4v) is 4.29. The number of rotatable bonds is 6. The van der Waals surface area contributed by atoms with Gasteiger partial charge in [0.25, 0.3) is 11.8 Å². The van der Waals surface area contributed by atoms with Gasteiger partial charge in [-0.1, -0.05) is 48.5 Å². The number of aliphatic hydroxyl groups excluding tert-OH is 1. The molecule has 0 fully saturated rings. The number of carbonyl (C=O) groups excluding carboxylic acids is 2. The third-order valence-corrected chi connectivity index (χ3v) is 5.82. The van der Waals surface area contributed by atoms with Crippen LogP contribution < -0.4 is 9.64 Å². The Hall–Kier alpha value is -3.09. The van der Waals surface area contributed by atoms with E-state index >= 15 is 0 Å². The number of amides is 2. The Morgan fingerprint density at radius 1 is 0.931 bits per heavy atom. The van der Waals surface area contributed by atoms with Crippen LogP contribution in [0.2, 0.25) is 0 Å². The van der Waals surface area contributed by atoms with E-state index in [2.05, 4.69) is 0 Å². The molecule has 0 spiro atoms. The number of hydrogen-bond donors (Lipinski definition) is 1. The van der Waals surface area contributed by atoms with Gasteiger partial charge < -0.3 is 9.84 Å². The van der Waals surface area contributed by atoms with Gasteiger partial charge in [-0.15, -0.1) is 11.8 Å². The van der Waals surface area contributed by atoms with E-state index in [0.717, 1.165) is 10.8 Å². The van der Waals surface area contributed by atoms with Crippen LogP contribution in [0.4, 0.5) is 5.69 Å². The van der Waals surface area contributed by atoms with E-state index in [4.69, 9.17) is 4.74 Å². The summed E-state index contributed by atoms with van der Waals surface area (Å²) in [4.78, 5) is 28.3. The second-order valence-corrected chi connectivity index (χ2v) is 7.55. The van der Waals surface area contributed by atoms with Crippen LogP contribution in [0.1, 0.15) is 5.56 Å². The predicted molar refractivity (Wildman–Crippen MR) is 116 cm³/mol. The van der Waals surface area contributed by atoms with Crippen LogP contribution in [0, 0.1) is 0 Å². The highest BCUT2D eigenvalue weighted by molar-refractivity contribution is 8.04. The number of methoxy groups -OCH3 is 1. The number of aliphatic hydroxyl groups is 1. The third-order valence-electron chi connectivity index (χ3n) is 4.77. The molecule has 1 N–H and O–H groups in total. The van der Waals surface area contributed by atoms with Crippen LogP contribution in [0.25, 0.3) is 16.3 Å². The van der Waals surface area contributed by atoms with E-state index in [0.29, 0.717) is 33.2 Å². The van der Waals surface area contributed by atoms with Crippen molar-refractivity contribution in [2.24, 2.45) is 0 Å². The summed E-state index contributed by atoms with van der Waals surface area (Å²) in [6.07, 6.45) is 0. The minimum absolute atomic E-state index is 0.0835. The van der Waals surface area contributed by atoms with Crippen LogP contribution in [0.5, 0.6) is 5.75 Å². The van der Waals surface area contributed by atoms with Crippen molar-refractivity contribution in [3.63, 3.8) is 0 Å². The summed E-state index contributed by atoms with van der Waals surface area (Å²) in [5.41, 5.74) is 1.56. The zero-order valence-electron chi connectivity index (χ0n) is 15.8. The highest BCUT2D eigenvalue weighted by Crippen LogP contribution is 2.40. The Kier molecular flexibility index (Phi) is 5.38. The van der Waals surface area contributed by atoms with Crippen molar-refractivity contribution in [1.29, 1.82) is 0 Å². The SMILES string of the molecule is COc1ccc(C2=C(SCCO)C(=O)N(c3cccc4ccccc34)C2=O)cc1. The Labute approximate surface area is 172 Å². The fourth-order valence-electron chi connectivity index (χ4n) is 3.43. The van der Waals surface area contributed by atoms with E-state index < -0.39 is 0 Å². The molecule has 0 bridgehead atoms. The van der Waals surface area contributed by atoms with Gasteiger partial charge >= 0.3 is 0 Å². The number of nitrogens with zero attached hydrogens (tertiary/aromatic N) is 1. The lowest BCUT2D eigenvalue weighted by Gasteiger charge is -2.17. The zero-order valence-corrected chi connectivity index (χ0v) is 16.6. The van der Waals surface area contributed by atoms with Crippen LogP contribution in [0.15, 0.2) is 71.6 Å². The van der Waals surface area contributed by atoms with Crippen molar-refractivity contribution < 1.29 is 19.4 Å². The Balaban J connectivity index is 1.83. The second-order valence-electron chi connectivity index (χ2n) is 6.45. The molecule has 1 heterocycles. The summed E-state index contributed by atoms with van der Waals surface area (Å²) >= 11 is 1.20. The van der Waals surface area contributed by atoms with Gasteiger partial charge in [0.2, 0.25) is 0 Å². The lowest BCUT2D eigenvalue weighted by Crippen LogP contribution is -2.31. The molecule has 0 atom stereocenters. The van der Waals surface area contributed by atoms with E-state index in [1.54, 1.807) is 37.4 Å². The first kappa shape index (κ1) is 19.2. The summed E-state index contributed by atoms with van der Waals surface area (Å²) in [6.45, 7) is -0.0835. The number of fused-ring (bicyclic) bond motifs is 1. The molecule has 0 unspecified atom stereocenters. The van der Waals surface area contributed by atoms with Crippen LogP contribution in [-0.4, -0.2) is 36.4 Å². The molecule has 3 aromatic carbocycles. The first-order chi connectivity index (χ1) is 14.2. The minimum Gasteiger partial charge on any atom is -0.497 e. The van der Waals surface area contributed by atoms with Gasteiger partial charge in [-0.2, -0.15) is 0 Å². The number of anilines is 1. The van der Waals surface area contributed by atoms with Gasteiger partial charge in [0.15, 0.2) is 0 Å². The summed E-state index contributed by atoms with van der Waals surface area (Å²) < 4.78 is 5.19. The van der Waals surface area contributed by atoms with Gasteiger partial charge in [0, 0.05) is 11.1 Å². The fraction of sp³-hybridized carbons (Fsp3) is 0.130. The molecule has 146 valence electrons. The molecule has 0 radical (unpaired) electrons. The molecule has 0 saturated carbocycles. The summed E-state index contributed by atoms with van der Waals surface area (Å²) in [6, 6.07) is 20.3. The maximum absolute atomic E-state index is 13.4. The number of imide groups is 1. The maximum Gasteiger partial charge on any atom is 0.272 e. The Morgan fingerprint density at radius 2 is 1.66 bits per heavy atom. The quantitative estimate of drug-likeness (QED) is 0.631. The van der Waals surface area contributed by atoms with Crippen molar-refractivity contribution >= 4 is 45.6 Å². The smallest absolute Gasteiger partial charge is 0.272 e. The van der Waals surface area contributed by atoms with E-state index in [-0.39, 0.29) is 18.4 Å². The summed E-state index contributed by atoms with van der Waals surface area (Å²) in [5.74, 6) is 0.270. The van der Waals surface area contributed by atoms with Crippen molar-refractivity contribution in [3.8, 4) is 5.75 Å². The molecule has 0 saturated heterocycles. The van der Waals surface area contributed by atoms with Gasteiger partial charge in [-0.3, -0.25) is 9.59 Å². The number of ether oxygens (including phenoxy) is 1. The Bertz CT molecular complexity index is 1120. The molecule has 1 aliphatic rings. The number of benzene rings is 3. The monoisotopic (exact) mass is 405 g/mol. The second kappa shape index (κ2) is 8.11. The normalized spacial score (nSPS) is 14.2. The first-order valence-electron chi connectivity index (χ1n) is 9.14. The molecule has 4 rings (SSSR count). The number of carbonyl (C=O) groups is 2. The molecule has 2 amide bonds. The highest BCUT2D eigenvalue weighted by Gasteiger charge is 2.40. The summed E-state index contributed by atoms with van der Waals surface area (Å²) in [5, 5.41) is 11.0. The molecule has 1 aliphatic heterocycles. The van der Waals surface area contributed by atoms with Gasteiger partial charge in [-0.05, 0) is 29.1 Å². The highest BCUT2D eigenvalue weighted by atomic mass is 32.2. The molecule has 3 aromatic rings. The molecule has 5 nitrogen and oxygen atoms in total. The van der Waals surface area contributed by atoms with Crippen molar-refractivity contribution in [2.45, 2.75) is 0 Å². The Morgan fingerprint density at radius 3 is 2.38 bits per heavy atom. The van der Waals surface area contributed by atoms with Gasteiger partial charge in [-0.25, -0.2) is 4.90 Å². The average molecular weight is 405 g/mol. The molecular formula is C23H19NO4S. The van der Waals surface area contributed by atoms with Crippen LogP contribution >= 0.6 is 11.8 Å². The van der Waals surface area contributed by atoms with Gasteiger partial charge in [0.05, 0.1) is 29.9 Å². The van der Waals surface area contributed by atoms with Crippen LogP contribution in [-0.2, 0) is 9.59 Å². The van der Waals surface area contributed by atoms with Crippen molar-refractivity contribution in [2.75, 3.05) is 24.4 Å². The largest absolute Gasteiger partial charge is 0.497 e. The van der Waals surface area contributed by atoms with Crippen molar-refractivity contribution in [3.05, 3.63) is 77.2 Å². The predicted octanol–water partition coefficient (Wildman–Crippen LogP) is 3.86. The van der Waals surface area contributed by atoms with Crippen molar-refractivity contribution in [1.82, 2.24) is 0 Å². The average Bonchev–Trinajstić information content (AvgIpc) is 3.01. The first-order valence-corrected chi connectivity index (χ1v) is 10.1. The van der Waals surface area contributed by atoms with E-state index in [1.807, 2.05) is 36.4 Å². The molecule has 0 aliphatic carbocycles. The van der Waals surface area contributed by atoms with E-state index in [1.165, 1.54) is 16.7 Å². The zero-order chi connectivity index (χ0) is 20.4. The van der Waals surface area contributed by atoms with Crippen LogP contribution in [0.3, 0.4) is 0 Å². The number of thioether (sulfide) groups is 1. The summed E-state index contributed by atoms with van der Waals surface area (Å²) in [7, 11) is 1.57.